The van der Waals surface area contributed by atoms with E-state index in [9.17, 15) is 13.2 Å². The Balaban J connectivity index is 1.62. The van der Waals surface area contributed by atoms with Crippen molar-refractivity contribution in [3.8, 4) is 17.2 Å². The fraction of sp³-hybridized carbons (Fsp3) is 0.429. The molecule has 1 aromatic heterocycles. The lowest BCUT2D eigenvalue weighted by Gasteiger charge is -2.34. The Kier molecular flexibility index (Phi) is 7.40. The average molecular weight is 459 g/mol. The fourth-order valence-corrected chi connectivity index (χ4v) is 5.44. The van der Waals surface area contributed by atoms with Crippen molar-refractivity contribution in [1.82, 2.24) is 19.8 Å². The molecule has 1 saturated heterocycles. The standard InChI is InChI=1S/C21H26N6O4S/c1-15(2)19(20(28)25-29)14-32(30,31)27-9-7-26(8-10-27)21-23-12-18(13-24-21)17-5-3-16(11-22)4-6-17/h3-6,12-13,15,19,29H,7-10,14H2,1-2H3,(H,25,28)/t19-/m1/s1. The zero-order chi connectivity index (χ0) is 23.3. The first kappa shape index (κ1) is 23.6. The first-order valence-electron chi connectivity index (χ1n) is 10.2. The number of carbonyl (C=O) groups excluding carboxylic acids is 1. The lowest BCUT2D eigenvalue weighted by Crippen LogP contribution is -2.51. The van der Waals surface area contributed by atoms with E-state index in [-0.39, 0.29) is 24.8 Å². The van der Waals surface area contributed by atoms with Crippen molar-refractivity contribution in [2.24, 2.45) is 11.8 Å². The first-order valence-corrected chi connectivity index (χ1v) is 11.9. The van der Waals surface area contributed by atoms with Crippen molar-refractivity contribution in [3.05, 3.63) is 42.2 Å². The molecule has 0 unspecified atom stereocenters. The number of nitrogens with one attached hydrogen (secondary N) is 1. The normalized spacial score (nSPS) is 15.9. The molecule has 2 heterocycles. The van der Waals surface area contributed by atoms with E-state index >= 15 is 0 Å². The van der Waals surface area contributed by atoms with Crippen molar-refractivity contribution in [2.75, 3.05) is 36.8 Å². The van der Waals surface area contributed by atoms with Crippen LogP contribution >= 0.6 is 0 Å². The van der Waals surface area contributed by atoms with Gasteiger partial charge in [-0.1, -0.05) is 26.0 Å². The predicted octanol–water partition coefficient (Wildman–Crippen LogP) is 1.24. The minimum Gasteiger partial charge on any atom is -0.338 e. The van der Waals surface area contributed by atoms with Crippen molar-refractivity contribution in [3.63, 3.8) is 0 Å². The van der Waals surface area contributed by atoms with Gasteiger partial charge in [-0.25, -0.2) is 23.9 Å². The van der Waals surface area contributed by atoms with Crippen molar-refractivity contribution in [1.29, 1.82) is 5.26 Å². The van der Waals surface area contributed by atoms with E-state index in [0.29, 0.717) is 24.6 Å². The predicted molar refractivity (Wildman–Crippen MR) is 118 cm³/mol. The Labute approximate surface area is 187 Å². The Hall–Kier alpha value is -3.07. The van der Waals surface area contributed by atoms with Crippen LogP contribution in [0.1, 0.15) is 19.4 Å². The summed E-state index contributed by atoms with van der Waals surface area (Å²) < 4.78 is 27.0. The number of sulfonamides is 1. The van der Waals surface area contributed by atoms with Crippen LogP contribution < -0.4 is 10.4 Å². The Morgan fingerprint density at radius 1 is 1.12 bits per heavy atom. The number of benzene rings is 1. The van der Waals surface area contributed by atoms with Crippen LogP contribution in [-0.4, -0.2) is 65.7 Å². The number of nitrogens with zero attached hydrogens (tertiary/aromatic N) is 5. The van der Waals surface area contributed by atoms with E-state index < -0.39 is 21.8 Å². The molecule has 170 valence electrons. The first-order chi connectivity index (χ1) is 15.2. The molecule has 2 aromatic rings. The van der Waals surface area contributed by atoms with Gasteiger partial charge in [0.05, 0.1) is 23.3 Å². The van der Waals surface area contributed by atoms with Crippen LogP contribution in [0.25, 0.3) is 11.1 Å². The molecule has 10 nitrogen and oxygen atoms in total. The summed E-state index contributed by atoms with van der Waals surface area (Å²) in [7, 11) is -3.67. The van der Waals surface area contributed by atoms with Crippen LogP contribution in [0.4, 0.5) is 5.95 Å². The van der Waals surface area contributed by atoms with Gasteiger partial charge in [0.15, 0.2) is 0 Å². The number of hydrogen-bond donors (Lipinski definition) is 2. The van der Waals surface area contributed by atoms with Gasteiger partial charge in [0.1, 0.15) is 0 Å². The maximum absolute atomic E-state index is 12.8. The van der Waals surface area contributed by atoms with Gasteiger partial charge in [-0.2, -0.15) is 9.57 Å². The number of anilines is 1. The number of carbonyl (C=O) groups is 1. The molecule has 0 saturated carbocycles. The monoisotopic (exact) mass is 458 g/mol. The highest BCUT2D eigenvalue weighted by atomic mass is 32.2. The molecule has 0 spiro atoms. The molecular weight excluding hydrogens is 432 g/mol. The highest BCUT2D eigenvalue weighted by Gasteiger charge is 2.34. The fourth-order valence-electron chi connectivity index (χ4n) is 3.52. The third-order valence-electron chi connectivity index (χ3n) is 5.54. The summed E-state index contributed by atoms with van der Waals surface area (Å²) in [6.07, 6.45) is 3.40. The van der Waals surface area contributed by atoms with Crippen LogP contribution in [0, 0.1) is 23.2 Å². The summed E-state index contributed by atoms with van der Waals surface area (Å²) in [5.74, 6) is -1.60. The second-order valence-electron chi connectivity index (χ2n) is 7.95. The van der Waals surface area contributed by atoms with E-state index in [0.717, 1.165) is 11.1 Å². The molecule has 1 aliphatic heterocycles. The molecule has 0 aliphatic carbocycles. The number of nitriles is 1. The van der Waals surface area contributed by atoms with Crippen LogP contribution in [-0.2, 0) is 14.8 Å². The molecule has 2 N–H and O–H groups in total. The average Bonchev–Trinajstić information content (AvgIpc) is 2.82. The Morgan fingerprint density at radius 2 is 1.72 bits per heavy atom. The Bertz CT molecular complexity index is 1070. The summed E-state index contributed by atoms with van der Waals surface area (Å²) in [5, 5.41) is 17.8. The van der Waals surface area contributed by atoms with Crippen molar-refractivity contribution >= 4 is 21.9 Å². The van der Waals surface area contributed by atoms with Gasteiger partial charge >= 0.3 is 0 Å². The largest absolute Gasteiger partial charge is 0.338 e. The number of aromatic nitrogens is 2. The second-order valence-corrected chi connectivity index (χ2v) is 9.97. The molecule has 0 radical (unpaired) electrons. The van der Waals surface area contributed by atoms with Crippen molar-refractivity contribution in [2.45, 2.75) is 13.8 Å². The summed E-state index contributed by atoms with van der Waals surface area (Å²) in [5.41, 5.74) is 3.86. The molecule has 3 rings (SSSR count). The van der Waals surface area contributed by atoms with E-state index in [1.54, 1.807) is 43.9 Å². The molecule has 1 aliphatic rings. The number of piperazine rings is 1. The molecular formula is C21H26N6O4S. The van der Waals surface area contributed by atoms with Crippen LogP contribution in [0.2, 0.25) is 0 Å². The summed E-state index contributed by atoms with van der Waals surface area (Å²) in [6, 6.07) is 9.22. The molecule has 1 atom stereocenters. The van der Waals surface area contributed by atoms with Gasteiger partial charge in [-0.15, -0.1) is 0 Å². The molecule has 32 heavy (non-hydrogen) atoms. The third kappa shape index (κ3) is 5.40. The van der Waals surface area contributed by atoms with Gasteiger partial charge < -0.3 is 4.90 Å². The van der Waals surface area contributed by atoms with E-state index in [1.807, 2.05) is 17.0 Å². The number of amides is 1. The lowest BCUT2D eigenvalue weighted by atomic mass is 9.97. The second kappa shape index (κ2) is 10.0. The SMILES string of the molecule is CC(C)[C@@H](CS(=O)(=O)N1CCN(c2ncc(-c3ccc(C#N)cc3)cn2)CC1)C(=O)NO. The Morgan fingerprint density at radius 3 is 2.22 bits per heavy atom. The molecule has 11 heteroatoms. The van der Waals surface area contributed by atoms with Gasteiger partial charge in [0.25, 0.3) is 0 Å². The van der Waals surface area contributed by atoms with E-state index in [4.69, 9.17) is 10.5 Å². The van der Waals surface area contributed by atoms with Crippen LogP contribution in [0.15, 0.2) is 36.7 Å². The maximum atomic E-state index is 12.8. The number of hydroxylamine groups is 1. The number of rotatable bonds is 7. The highest BCUT2D eigenvalue weighted by Crippen LogP contribution is 2.22. The number of hydrogen-bond acceptors (Lipinski definition) is 8. The maximum Gasteiger partial charge on any atom is 0.247 e. The van der Waals surface area contributed by atoms with Crippen LogP contribution in [0.5, 0.6) is 0 Å². The molecule has 0 bridgehead atoms. The zero-order valence-corrected chi connectivity index (χ0v) is 18.8. The van der Waals surface area contributed by atoms with E-state index in [1.165, 1.54) is 4.31 Å². The topological polar surface area (TPSA) is 140 Å². The zero-order valence-electron chi connectivity index (χ0n) is 18.0. The molecule has 1 amide bonds. The quantitative estimate of drug-likeness (QED) is 0.467. The molecule has 1 aromatic carbocycles. The lowest BCUT2D eigenvalue weighted by molar-refractivity contribution is -0.134. The summed E-state index contributed by atoms with van der Waals surface area (Å²) in [6.45, 7) is 4.85. The van der Waals surface area contributed by atoms with Gasteiger partial charge in [-0.3, -0.25) is 10.0 Å². The summed E-state index contributed by atoms with van der Waals surface area (Å²) in [4.78, 5) is 22.6. The third-order valence-corrected chi connectivity index (χ3v) is 7.47. The van der Waals surface area contributed by atoms with Gasteiger partial charge in [-0.05, 0) is 23.6 Å². The minimum atomic E-state index is -3.67. The van der Waals surface area contributed by atoms with Crippen LogP contribution in [0.3, 0.4) is 0 Å². The highest BCUT2D eigenvalue weighted by molar-refractivity contribution is 7.89. The van der Waals surface area contributed by atoms with Gasteiger partial charge in [0, 0.05) is 44.1 Å². The smallest absolute Gasteiger partial charge is 0.247 e. The van der Waals surface area contributed by atoms with Gasteiger partial charge in [0.2, 0.25) is 21.9 Å². The molecule has 1 fully saturated rings. The van der Waals surface area contributed by atoms with Crippen molar-refractivity contribution < 1.29 is 18.4 Å². The summed E-state index contributed by atoms with van der Waals surface area (Å²) >= 11 is 0. The van der Waals surface area contributed by atoms with E-state index in [2.05, 4.69) is 16.0 Å². The minimum absolute atomic E-state index is 0.235.